The summed E-state index contributed by atoms with van der Waals surface area (Å²) in [5, 5.41) is -0.412. The minimum Gasteiger partial charge on any atom is -0.208 e. The molecule has 0 saturated heterocycles. The number of hydrogen-bond donors (Lipinski definition) is 0. The Bertz CT molecular complexity index is 3920. The summed E-state index contributed by atoms with van der Waals surface area (Å²) in [6.07, 6.45) is 0. The number of fused-ring (bicyclic) bond motifs is 3. The van der Waals surface area contributed by atoms with Crippen LogP contribution in [0.2, 0.25) is 0 Å². The summed E-state index contributed by atoms with van der Waals surface area (Å²) in [6, 6.07) is 11.0. The third-order valence-electron chi connectivity index (χ3n) is 8.63. The van der Waals surface area contributed by atoms with Crippen LogP contribution in [0.4, 0.5) is 0 Å². The van der Waals surface area contributed by atoms with E-state index in [-0.39, 0.29) is 49.3 Å². The van der Waals surface area contributed by atoms with Crippen molar-refractivity contribution in [2.24, 2.45) is 0 Å². The van der Waals surface area contributed by atoms with Crippen molar-refractivity contribution in [1.82, 2.24) is 15.0 Å². The molecule has 55 heavy (non-hydrogen) atoms. The lowest BCUT2D eigenvalue weighted by Gasteiger charge is -2.11. The van der Waals surface area contributed by atoms with Gasteiger partial charge in [0, 0.05) is 36.9 Å². The van der Waals surface area contributed by atoms with E-state index in [1.54, 1.807) is 30.3 Å². The molecular weight excluding hydrogens is 687 g/mol. The minimum absolute atomic E-state index is 0.0119. The van der Waals surface area contributed by atoms with E-state index in [4.69, 9.17) is 28.7 Å². The van der Waals surface area contributed by atoms with Gasteiger partial charge in [0.15, 0.2) is 17.5 Å². The molecule has 0 saturated carbocycles. The van der Waals surface area contributed by atoms with Crippen LogP contribution in [0.3, 0.4) is 0 Å². The number of nitrogens with zero attached hydrogens (tertiary/aromatic N) is 3. The van der Waals surface area contributed by atoms with Gasteiger partial charge >= 0.3 is 0 Å². The van der Waals surface area contributed by atoms with Crippen LogP contribution in [0.15, 0.2) is 200 Å². The molecule has 0 atom stereocenters. The first-order valence-corrected chi connectivity index (χ1v) is 17.7. The Labute approximate surface area is 350 Å². The third kappa shape index (κ3) is 6.50. The first kappa shape index (κ1) is 18.4. The maximum absolute atomic E-state index is 9.79. The van der Waals surface area contributed by atoms with Crippen molar-refractivity contribution in [3.05, 3.63) is 200 Å². The molecule has 0 aliphatic heterocycles. The molecule has 2 aromatic heterocycles. The molecule has 0 unspecified atom stereocenters. The number of hydrogen-bond acceptors (Lipinski definition) is 4. The third-order valence-corrected chi connectivity index (χ3v) is 9.65. The van der Waals surface area contributed by atoms with Crippen LogP contribution in [0, 0.1) is 0 Å². The molecule has 10 rings (SSSR count). The second-order valence-electron chi connectivity index (χ2n) is 12.1. The Hall–Kier alpha value is -7.01. The largest absolute Gasteiger partial charge is 0.208 e. The van der Waals surface area contributed by atoms with Crippen LogP contribution >= 0.6 is 11.3 Å². The Morgan fingerprint density at radius 3 is 1.51 bits per heavy atom. The Kier molecular flexibility index (Phi) is 4.70. The van der Waals surface area contributed by atoms with Crippen LogP contribution in [0.5, 0.6) is 0 Å². The monoisotopic (exact) mass is 738 g/mol. The van der Waals surface area contributed by atoms with Crippen LogP contribution in [0.1, 0.15) is 26.0 Å². The van der Waals surface area contributed by atoms with E-state index in [0.29, 0.717) is 11.1 Å². The summed E-state index contributed by atoms with van der Waals surface area (Å²) in [7, 11) is 0. The Balaban J connectivity index is 1.27. The van der Waals surface area contributed by atoms with Crippen LogP contribution in [-0.2, 0) is 0 Å². The van der Waals surface area contributed by atoms with Crippen molar-refractivity contribution < 1.29 is 26.0 Å². The van der Waals surface area contributed by atoms with Crippen molar-refractivity contribution >= 4 is 31.5 Å². The van der Waals surface area contributed by atoms with Crippen LogP contribution in [0.25, 0.3) is 98.8 Å². The SMILES string of the molecule is [2H]c1c([2H])c([2H])c(-c2c([2H])c(-c3c([2H])c([2H])c([2H])c([2H])c3[2H])c([2H])c(-c3c([2H])c([2H])c4sc5c([2H])c(-c6nc(-c7ccccc7)nc(-c7cccc(-c8ccccc8)c7)n6)c([2H])c([2H])c5c4c3[2H])c2[2H])c([2H])c1[2H]. The fraction of sp³-hybridized carbons (Fsp3) is 0. The molecule has 0 N–H and O–H groups in total. The fourth-order valence-corrected chi connectivity index (χ4v) is 6.99. The van der Waals surface area contributed by atoms with Crippen molar-refractivity contribution in [1.29, 1.82) is 0 Å². The predicted octanol–water partition coefficient (Wildman–Crippen LogP) is 13.9. The highest BCUT2D eigenvalue weighted by atomic mass is 32.1. The van der Waals surface area contributed by atoms with E-state index in [1.807, 2.05) is 54.6 Å². The zero-order valence-corrected chi connectivity index (χ0v) is 29.1. The highest BCUT2D eigenvalue weighted by molar-refractivity contribution is 7.25. The zero-order chi connectivity index (χ0) is 53.1. The minimum atomic E-state index is -0.938. The molecule has 258 valence electrons. The van der Waals surface area contributed by atoms with Gasteiger partial charge in [0.05, 0.1) is 26.0 Å². The lowest BCUT2D eigenvalue weighted by molar-refractivity contribution is 1.07. The summed E-state index contributed by atoms with van der Waals surface area (Å²) in [5.74, 6) is 0.264. The van der Waals surface area contributed by atoms with Gasteiger partial charge in [-0.05, 0) is 86.8 Å². The van der Waals surface area contributed by atoms with Gasteiger partial charge in [-0.3, -0.25) is 0 Å². The summed E-state index contributed by atoms with van der Waals surface area (Å²) in [5.41, 5.74) is -1.61. The van der Waals surface area contributed by atoms with Crippen LogP contribution < -0.4 is 0 Å². The molecule has 0 amide bonds. The van der Waals surface area contributed by atoms with E-state index in [9.17, 15) is 12.3 Å². The first-order chi connectivity index (χ1) is 35.2. The molecule has 8 aromatic carbocycles. The molecule has 2 heterocycles. The average Bonchev–Trinajstić information content (AvgIpc) is 3.83. The zero-order valence-electron chi connectivity index (χ0n) is 47.3. The second kappa shape index (κ2) is 14.1. The van der Waals surface area contributed by atoms with Crippen molar-refractivity contribution in [3.8, 4) is 78.7 Å². The predicted molar refractivity (Wildman–Crippen MR) is 231 cm³/mol. The maximum Gasteiger partial charge on any atom is 0.164 e. The van der Waals surface area contributed by atoms with E-state index in [1.165, 1.54) is 0 Å². The van der Waals surface area contributed by atoms with Gasteiger partial charge in [0.1, 0.15) is 0 Å². The van der Waals surface area contributed by atoms with Crippen molar-refractivity contribution in [2.75, 3.05) is 0 Å². The van der Waals surface area contributed by atoms with E-state index >= 15 is 0 Å². The van der Waals surface area contributed by atoms with Gasteiger partial charge in [-0.25, -0.2) is 15.0 Å². The molecule has 0 fully saturated rings. The quantitative estimate of drug-likeness (QED) is 0.163. The molecule has 0 spiro atoms. The summed E-state index contributed by atoms with van der Waals surface area (Å²) in [6.45, 7) is 0. The van der Waals surface area contributed by atoms with Crippen LogP contribution in [-0.4, -0.2) is 15.0 Å². The molecule has 10 aromatic rings. The molecule has 3 nitrogen and oxygen atoms in total. The lowest BCUT2D eigenvalue weighted by Crippen LogP contribution is -2.00. The fourth-order valence-electron chi connectivity index (χ4n) is 6.02. The molecule has 0 aliphatic carbocycles. The van der Waals surface area contributed by atoms with Gasteiger partial charge in [-0.1, -0.05) is 157 Å². The van der Waals surface area contributed by atoms with Gasteiger partial charge in [-0.15, -0.1) is 11.3 Å². The standard InChI is InChI=1S/C51H33N3S/c1-5-14-34(15-6-1)38-22-13-23-40(28-38)50-52-49(37-20-11-4-12-21-37)53-51(54-50)41-24-26-45-46-32-39(25-27-47(46)55-48(45)33-41)44-30-42(35-16-7-2-8-17-35)29-43(31-44)36-18-9-3-10-19-36/h1-33H/i2D,3D,7D,8D,9D,10D,16D,17D,18D,19D,24D,25D,26D,27D,29D,30D,31D,32D,33D. The molecule has 4 heteroatoms. The highest BCUT2D eigenvalue weighted by Gasteiger charge is 2.16. The lowest BCUT2D eigenvalue weighted by atomic mass is 9.93. The van der Waals surface area contributed by atoms with E-state index < -0.39 is 142 Å². The molecular formula is C51H33N3S. The first-order valence-electron chi connectivity index (χ1n) is 26.4. The smallest absolute Gasteiger partial charge is 0.164 e. The van der Waals surface area contributed by atoms with Gasteiger partial charge in [0.2, 0.25) is 0 Å². The number of aromatic nitrogens is 3. The average molecular weight is 739 g/mol. The molecule has 0 aliphatic rings. The topological polar surface area (TPSA) is 38.7 Å². The molecule has 0 radical (unpaired) electrons. The summed E-state index contributed by atoms with van der Waals surface area (Å²) < 4.78 is 171. The Morgan fingerprint density at radius 1 is 0.327 bits per heavy atom. The highest BCUT2D eigenvalue weighted by Crippen LogP contribution is 2.40. The van der Waals surface area contributed by atoms with E-state index in [0.717, 1.165) is 22.5 Å². The summed E-state index contributed by atoms with van der Waals surface area (Å²) in [4.78, 5) is 14.3. The normalized spacial score (nSPS) is 16.1. The molecule has 0 bridgehead atoms. The number of rotatable bonds is 7. The Morgan fingerprint density at radius 2 is 0.855 bits per heavy atom. The summed E-state index contributed by atoms with van der Waals surface area (Å²) >= 11 is 0.776. The second-order valence-corrected chi connectivity index (χ2v) is 13.2. The van der Waals surface area contributed by atoms with Gasteiger partial charge in [-0.2, -0.15) is 0 Å². The number of benzene rings is 8. The van der Waals surface area contributed by atoms with Crippen molar-refractivity contribution in [2.45, 2.75) is 0 Å². The van der Waals surface area contributed by atoms with Gasteiger partial charge in [0.25, 0.3) is 0 Å². The van der Waals surface area contributed by atoms with E-state index in [2.05, 4.69) is 0 Å². The maximum atomic E-state index is 9.79. The van der Waals surface area contributed by atoms with Gasteiger partial charge < -0.3 is 0 Å². The number of thiophene rings is 1. The van der Waals surface area contributed by atoms with Crippen molar-refractivity contribution in [3.63, 3.8) is 0 Å².